The number of benzene rings is 2. The van der Waals surface area contributed by atoms with E-state index in [4.69, 9.17) is 18.9 Å². The summed E-state index contributed by atoms with van der Waals surface area (Å²) in [5, 5.41) is 5.87. The zero-order valence-corrected chi connectivity index (χ0v) is 18.6. The van der Waals surface area contributed by atoms with Crippen LogP contribution in [-0.2, 0) is 6.54 Å². The van der Waals surface area contributed by atoms with Gasteiger partial charge in [0.25, 0.3) is 0 Å². The summed E-state index contributed by atoms with van der Waals surface area (Å²) in [6, 6.07) is 11.5. The molecule has 8 nitrogen and oxygen atoms in total. The van der Waals surface area contributed by atoms with E-state index < -0.39 is 0 Å². The van der Waals surface area contributed by atoms with Crippen LogP contribution in [0.4, 0.5) is 10.5 Å². The number of carbonyl (C=O) groups is 1. The standard InChI is InChI=1S/C23H31N3O5/c1-28-19-7-5-6-18(12-19)26-9-8-16(15-26)13-24-23(27)25-14-17-10-20(29-2)22(31-4)21(11-17)30-3/h5-7,10-12,16H,8-9,13-15H2,1-4H3,(H2,24,25,27). The van der Waals surface area contributed by atoms with Gasteiger partial charge in [0.15, 0.2) is 11.5 Å². The summed E-state index contributed by atoms with van der Waals surface area (Å²) in [5.74, 6) is 2.90. The lowest BCUT2D eigenvalue weighted by Gasteiger charge is -2.19. The Morgan fingerprint density at radius 2 is 1.74 bits per heavy atom. The smallest absolute Gasteiger partial charge is 0.315 e. The van der Waals surface area contributed by atoms with Crippen LogP contribution in [-0.4, -0.2) is 54.1 Å². The van der Waals surface area contributed by atoms with E-state index >= 15 is 0 Å². The van der Waals surface area contributed by atoms with Gasteiger partial charge in [-0.25, -0.2) is 4.79 Å². The van der Waals surface area contributed by atoms with Gasteiger partial charge in [-0.1, -0.05) is 6.07 Å². The van der Waals surface area contributed by atoms with Crippen LogP contribution in [0.5, 0.6) is 23.0 Å². The number of hydrogen-bond acceptors (Lipinski definition) is 6. The molecule has 1 aliphatic heterocycles. The minimum Gasteiger partial charge on any atom is -0.497 e. The molecule has 2 aromatic carbocycles. The molecule has 3 rings (SSSR count). The molecule has 2 amide bonds. The first-order chi connectivity index (χ1) is 15.1. The Hall–Kier alpha value is -3.29. The Labute approximate surface area is 183 Å². The normalized spacial score (nSPS) is 15.4. The molecule has 8 heteroatoms. The lowest BCUT2D eigenvalue weighted by Crippen LogP contribution is -2.38. The van der Waals surface area contributed by atoms with Gasteiger partial charge < -0.3 is 34.5 Å². The van der Waals surface area contributed by atoms with E-state index in [1.165, 1.54) is 0 Å². The summed E-state index contributed by atoms with van der Waals surface area (Å²) in [6.07, 6.45) is 1.03. The molecule has 0 radical (unpaired) electrons. The number of urea groups is 1. The molecule has 0 bridgehead atoms. The fourth-order valence-corrected chi connectivity index (χ4v) is 3.76. The Kier molecular flexibility index (Phi) is 7.70. The van der Waals surface area contributed by atoms with Crippen LogP contribution in [0.2, 0.25) is 0 Å². The Morgan fingerprint density at radius 3 is 2.39 bits per heavy atom. The molecule has 1 unspecified atom stereocenters. The summed E-state index contributed by atoms with van der Waals surface area (Å²) < 4.78 is 21.4. The zero-order chi connectivity index (χ0) is 22.2. The summed E-state index contributed by atoms with van der Waals surface area (Å²) in [7, 11) is 6.37. The highest BCUT2D eigenvalue weighted by Gasteiger charge is 2.23. The second-order valence-corrected chi connectivity index (χ2v) is 7.40. The second kappa shape index (κ2) is 10.7. The van der Waals surface area contributed by atoms with Gasteiger partial charge in [0, 0.05) is 37.9 Å². The minimum absolute atomic E-state index is 0.200. The molecule has 1 atom stereocenters. The lowest BCUT2D eigenvalue weighted by molar-refractivity contribution is 0.239. The Balaban J connectivity index is 1.48. The minimum atomic E-state index is -0.200. The SMILES string of the molecule is COc1cccc(N2CCC(CNC(=O)NCc3cc(OC)c(OC)c(OC)c3)C2)c1. The highest BCUT2D eigenvalue weighted by molar-refractivity contribution is 5.74. The van der Waals surface area contributed by atoms with E-state index in [0.29, 0.717) is 36.3 Å². The average molecular weight is 430 g/mol. The molecule has 0 aromatic heterocycles. The molecule has 1 aliphatic rings. The van der Waals surface area contributed by atoms with Crippen molar-refractivity contribution in [3.63, 3.8) is 0 Å². The van der Waals surface area contributed by atoms with Crippen molar-refractivity contribution in [3.05, 3.63) is 42.0 Å². The van der Waals surface area contributed by atoms with Crippen molar-refractivity contribution in [2.24, 2.45) is 5.92 Å². The topological polar surface area (TPSA) is 81.3 Å². The van der Waals surface area contributed by atoms with E-state index in [2.05, 4.69) is 21.6 Å². The summed E-state index contributed by atoms with van der Waals surface area (Å²) in [6.45, 7) is 2.84. The van der Waals surface area contributed by atoms with Gasteiger partial charge in [-0.15, -0.1) is 0 Å². The highest BCUT2D eigenvalue weighted by atomic mass is 16.5. The third-order valence-electron chi connectivity index (χ3n) is 5.43. The lowest BCUT2D eigenvalue weighted by atomic mass is 10.1. The predicted molar refractivity (Wildman–Crippen MR) is 120 cm³/mol. The number of hydrogen-bond donors (Lipinski definition) is 2. The molecular formula is C23H31N3O5. The monoisotopic (exact) mass is 429 g/mol. The number of amides is 2. The third kappa shape index (κ3) is 5.65. The molecule has 0 spiro atoms. The van der Waals surface area contributed by atoms with Crippen LogP contribution >= 0.6 is 0 Å². The third-order valence-corrected chi connectivity index (χ3v) is 5.43. The van der Waals surface area contributed by atoms with Gasteiger partial charge >= 0.3 is 6.03 Å². The summed E-state index contributed by atoms with van der Waals surface area (Å²) in [5.41, 5.74) is 2.00. The first kappa shape index (κ1) is 22.4. The highest BCUT2D eigenvalue weighted by Crippen LogP contribution is 2.38. The van der Waals surface area contributed by atoms with Crippen LogP contribution in [0.15, 0.2) is 36.4 Å². The van der Waals surface area contributed by atoms with Crippen LogP contribution in [0.1, 0.15) is 12.0 Å². The number of rotatable bonds is 9. The fourth-order valence-electron chi connectivity index (χ4n) is 3.76. The van der Waals surface area contributed by atoms with Gasteiger partial charge in [-0.2, -0.15) is 0 Å². The van der Waals surface area contributed by atoms with Gasteiger partial charge in [-0.05, 0) is 42.2 Å². The van der Waals surface area contributed by atoms with Crippen LogP contribution < -0.4 is 34.5 Å². The van der Waals surface area contributed by atoms with E-state index in [1.54, 1.807) is 28.4 Å². The maximum Gasteiger partial charge on any atom is 0.315 e. The largest absolute Gasteiger partial charge is 0.497 e. The van der Waals surface area contributed by atoms with Crippen LogP contribution in [0, 0.1) is 5.92 Å². The fraction of sp³-hybridized carbons (Fsp3) is 0.435. The first-order valence-electron chi connectivity index (χ1n) is 10.3. The quantitative estimate of drug-likeness (QED) is 0.638. The van der Waals surface area contributed by atoms with Crippen molar-refractivity contribution < 1.29 is 23.7 Å². The molecule has 0 saturated carbocycles. The Morgan fingerprint density at radius 1 is 1.00 bits per heavy atom. The van der Waals surface area contributed by atoms with E-state index in [-0.39, 0.29) is 6.03 Å². The molecule has 0 aliphatic carbocycles. The van der Waals surface area contributed by atoms with Crippen LogP contribution in [0.25, 0.3) is 0 Å². The number of nitrogens with zero attached hydrogens (tertiary/aromatic N) is 1. The molecule has 1 fully saturated rings. The van der Waals surface area contributed by atoms with E-state index in [0.717, 1.165) is 36.5 Å². The van der Waals surface area contributed by atoms with E-state index in [1.807, 2.05) is 30.3 Å². The Bertz CT molecular complexity index is 864. The van der Waals surface area contributed by atoms with Crippen molar-refractivity contribution in [3.8, 4) is 23.0 Å². The number of methoxy groups -OCH3 is 4. The van der Waals surface area contributed by atoms with Crippen molar-refractivity contribution >= 4 is 11.7 Å². The molecule has 2 N–H and O–H groups in total. The van der Waals surface area contributed by atoms with Crippen molar-refractivity contribution in [2.45, 2.75) is 13.0 Å². The number of nitrogens with one attached hydrogen (secondary N) is 2. The first-order valence-corrected chi connectivity index (χ1v) is 10.3. The molecular weight excluding hydrogens is 398 g/mol. The van der Waals surface area contributed by atoms with Crippen molar-refractivity contribution in [1.82, 2.24) is 10.6 Å². The van der Waals surface area contributed by atoms with Gasteiger partial charge in [0.1, 0.15) is 5.75 Å². The zero-order valence-electron chi connectivity index (χ0n) is 18.6. The average Bonchev–Trinajstić information content (AvgIpc) is 3.29. The molecule has 168 valence electrons. The summed E-state index contributed by atoms with van der Waals surface area (Å²) >= 11 is 0. The summed E-state index contributed by atoms with van der Waals surface area (Å²) in [4.78, 5) is 14.6. The molecule has 31 heavy (non-hydrogen) atoms. The molecule has 1 heterocycles. The maximum absolute atomic E-state index is 12.3. The number of anilines is 1. The molecule has 1 saturated heterocycles. The number of ether oxygens (including phenoxy) is 4. The van der Waals surface area contributed by atoms with Gasteiger partial charge in [0.05, 0.1) is 28.4 Å². The van der Waals surface area contributed by atoms with Gasteiger partial charge in [-0.3, -0.25) is 0 Å². The van der Waals surface area contributed by atoms with Crippen molar-refractivity contribution in [1.29, 1.82) is 0 Å². The maximum atomic E-state index is 12.3. The number of carbonyl (C=O) groups excluding carboxylic acids is 1. The van der Waals surface area contributed by atoms with E-state index in [9.17, 15) is 4.79 Å². The predicted octanol–water partition coefficient (Wildman–Crippen LogP) is 3.05. The second-order valence-electron chi connectivity index (χ2n) is 7.40. The van der Waals surface area contributed by atoms with Crippen molar-refractivity contribution in [2.75, 3.05) is 53.0 Å². The molecule has 2 aromatic rings. The van der Waals surface area contributed by atoms with Crippen LogP contribution in [0.3, 0.4) is 0 Å². The van der Waals surface area contributed by atoms with Gasteiger partial charge in [0.2, 0.25) is 5.75 Å².